The van der Waals surface area contributed by atoms with Crippen LogP contribution in [0, 0.1) is 6.92 Å². The number of pyridine rings is 1. The number of carbonyl (C=O) groups excluding carboxylic acids is 1. The summed E-state index contributed by atoms with van der Waals surface area (Å²) in [6.07, 6.45) is -4.05. The van der Waals surface area contributed by atoms with Gasteiger partial charge in [0.25, 0.3) is 5.78 Å². The molecule has 2 nitrogen and oxygen atoms in total. The summed E-state index contributed by atoms with van der Waals surface area (Å²) in [5, 5.41) is 0.0567. The van der Waals surface area contributed by atoms with Crippen molar-refractivity contribution in [3.63, 3.8) is 0 Å². The number of aryl methyl sites for hydroxylation is 1. The van der Waals surface area contributed by atoms with Gasteiger partial charge in [0.1, 0.15) is 5.15 Å². The fraction of sp³-hybridized carbons (Fsp3) is 0.250. The zero-order valence-electron chi connectivity index (χ0n) is 7.02. The van der Waals surface area contributed by atoms with Gasteiger partial charge < -0.3 is 0 Å². The van der Waals surface area contributed by atoms with E-state index >= 15 is 0 Å². The lowest BCUT2D eigenvalue weighted by Crippen LogP contribution is -2.23. The number of nitrogens with zero attached hydrogens (tertiary/aromatic N) is 1. The van der Waals surface area contributed by atoms with E-state index in [0.717, 1.165) is 6.20 Å². The smallest absolute Gasteiger partial charge is 0.284 e. The summed E-state index contributed by atoms with van der Waals surface area (Å²) in [6.45, 7) is 1.37. The van der Waals surface area contributed by atoms with Crippen LogP contribution >= 0.6 is 11.6 Å². The van der Waals surface area contributed by atoms with Crippen molar-refractivity contribution < 1.29 is 18.0 Å². The maximum Gasteiger partial charge on any atom is 0.454 e. The Morgan fingerprint density at radius 3 is 2.50 bits per heavy atom. The van der Waals surface area contributed by atoms with Crippen molar-refractivity contribution in [3.8, 4) is 0 Å². The molecule has 0 N–H and O–H groups in total. The normalized spacial score (nSPS) is 11.5. The SMILES string of the molecule is Cc1cc(Cl)ncc1C(=O)C(F)(F)F. The van der Waals surface area contributed by atoms with Gasteiger partial charge in [-0.2, -0.15) is 13.2 Å². The van der Waals surface area contributed by atoms with Crippen LogP contribution in [0.4, 0.5) is 13.2 Å². The van der Waals surface area contributed by atoms with Gasteiger partial charge in [0.2, 0.25) is 0 Å². The molecule has 0 aromatic carbocycles. The minimum Gasteiger partial charge on any atom is -0.284 e. The number of hydrogen-bond acceptors (Lipinski definition) is 2. The first kappa shape index (κ1) is 11.0. The van der Waals surface area contributed by atoms with Gasteiger partial charge in [0.05, 0.1) is 0 Å². The predicted molar refractivity (Wildman–Crippen MR) is 44.4 cm³/mol. The molecule has 0 aliphatic heterocycles. The molecule has 0 radical (unpaired) electrons. The van der Waals surface area contributed by atoms with Gasteiger partial charge in [-0.05, 0) is 18.6 Å². The molecular formula is C8H5ClF3NO. The van der Waals surface area contributed by atoms with Crippen molar-refractivity contribution in [1.29, 1.82) is 0 Å². The number of carbonyl (C=O) groups is 1. The monoisotopic (exact) mass is 223 g/mol. The number of Topliss-reactive ketones (excluding diaryl/α,β-unsaturated/α-hetero) is 1. The Balaban J connectivity index is 3.15. The summed E-state index contributed by atoms with van der Waals surface area (Å²) in [4.78, 5) is 14.2. The summed E-state index contributed by atoms with van der Waals surface area (Å²) >= 11 is 5.43. The molecule has 1 rings (SSSR count). The second-order valence-electron chi connectivity index (χ2n) is 2.65. The maximum absolute atomic E-state index is 12.0. The van der Waals surface area contributed by atoms with Crippen molar-refractivity contribution in [1.82, 2.24) is 4.98 Å². The van der Waals surface area contributed by atoms with E-state index < -0.39 is 17.5 Å². The third-order valence-corrected chi connectivity index (χ3v) is 1.79. The van der Waals surface area contributed by atoms with Crippen molar-refractivity contribution >= 4 is 17.4 Å². The fourth-order valence-electron chi connectivity index (χ4n) is 0.912. The number of aromatic nitrogens is 1. The van der Waals surface area contributed by atoms with Crippen molar-refractivity contribution in [3.05, 3.63) is 28.5 Å². The topological polar surface area (TPSA) is 30.0 Å². The second kappa shape index (κ2) is 3.57. The van der Waals surface area contributed by atoms with Crippen molar-refractivity contribution in [2.75, 3.05) is 0 Å². The van der Waals surface area contributed by atoms with Crippen LogP contribution in [-0.2, 0) is 0 Å². The van der Waals surface area contributed by atoms with Gasteiger partial charge in [-0.1, -0.05) is 11.6 Å². The lowest BCUT2D eigenvalue weighted by molar-refractivity contribution is -0.0885. The van der Waals surface area contributed by atoms with Gasteiger partial charge in [-0.25, -0.2) is 4.98 Å². The van der Waals surface area contributed by atoms with E-state index in [1.807, 2.05) is 0 Å². The third kappa shape index (κ3) is 2.23. The molecule has 0 saturated carbocycles. The number of alkyl halides is 3. The van der Waals surface area contributed by atoms with Gasteiger partial charge in [-0.3, -0.25) is 4.79 Å². The number of hydrogen-bond donors (Lipinski definition) is 0. The molecule has 0 amide bonds. The Morgan fingerprint density at radius 1 is 1.50 bits per heavy atom. The lowest BCUT2D eigenvalue weighted by atomic mass is 10.1. The molecule has 0 saturated heterocycles. The summed E-state index contributed by atoms with van der Waals surface area (Å²) in [7, 11) is 0. The zero-order chi connectivity index (χ0) is 10.9. The molecule has 0 aliphatic rings. The van der Waals surface area contributed by atoms with E-state index in [4.69, 9.17) is 11.6 Å². The van der Waals surface area contributed by atoms with Gasteiger partial charge in [-0.15, -0.1) is 0 Å². The molecular weight excluding hydrogens is 219 g/mol. The molecule has 0 spiro atoms. The Morgan fingerprint density at radius 2 is 2.07 bits per heavy atom. The first-order valence-electron chi connectivity index (χ1n) is 3.56. The lowest BCUT2D eigenvalue weighted by Gasteiger charge is -2.07. The van der Waals surface area contributed by atoms with Gasteiger partial charge >= 0.3 is 6.18 Å². The van der Waals surface area contributed by atoms with Crippen molar-refractivity contribution in [2.45, 2.75) is 13.1 Å². The highest BCUT2D eigenvalue weighted by Crippen LogP contribution is 2.23. The van der Waals surface area contributed by atoms with E-state index in [0.29, 0.717) is 0 Å². The number of ketones is 1. The summed E-state index contributed by atoms with van der Waals surface area (Å²) in [5.41, 5.74) is -0.311. The Bertz CT molecular complexity index is 375. The fourth-order valence-corrected chi connectivity index (χ4v) is 1.12. The Labute approximate surface area is 82.7 Å². The molecule has 14 heavy (non-hydrogen) atoms. The van der Waals surface area contributed by atoms with Crippen LogP contribution in [0.1, 0.15) is 15.9 Å². The van der Waals surface area contributed by atoms with Crippen LogP contribution in [0.15, 0.2) is 12.3 Å². The van der Waals surface area contributed by atoms with Crippen LogP contribution in [-0.4, -0.2) is 16.9 Å². The highest BCUT2D eigenvalue weighted by molar-refractivity contribution is 6.29. The van der Waals surface area contributed by atoms with E-state index in [2.05, 4.69) is 4.98 Å². The van der Waals surface area contributed by atoms with Gasteiger partial charge in [0.15, 0.2) is 0 Å². The highest BCUT2D eigenvalue weighted by Gasteiger charge is 2.40. The Kier molecular flexibility index (Phi) is 2.80. The predicted octanol–water partition coefficient (Wildman–Crippen LogP) is 2.79. The van der Waals surface area contributed by atoms with Crippen LogP contribution < -0.4 is 0 Å². The third-order valence-electron chi connectivity index (χ3n) is 1.58. The Hall–Kier alpha value is -1.10. The van der Waals surface area contributed by atoms with Crippen LogP contribution in [0.3, 0.4) is 0 Å². The minimum atomic E-state index is -4.87. The van der Waals surface area contributed by atoms with E-state index in [1.165, 1.54) is 13.0 Å². The van der Waals surface area contributed by atoms with Gasteiger partial charge in [0, 0.05) is 11.8 Å². The van der Waals surface area contributed by atoms with E-state index in [9.17, 15) is 18.0 Å². The first-order chi connectivity index (χ1) is 6.32. The number of rotatable bonds is 1. The maximum atomic E-state index is 12.0. The minimum absolute atomic E-state index is 0.0567. The first-order valence-corrected chi connectivity index (χ1v) is 3.94. The standard InChI is InChI=1S/C8H5ClF3NO/c1-4-2-6(9)13-3-5(4)7(14)8(10,11)12/h2-3H,1H3. The van der Waals surface area contributed by atoms with E-state index in [-0.39, 0.29) is 10.7 Å². The molecule has 1 heterocycles. The summed E-state index contributed by atoms with van der Waals surface area (Å²) < 4.78 is 36.0. The molecule has 0 unspecified atom stereocenters. The van der Waals surface area contributed by atoms with Crippen molar-refractivity contribution in [2.24, 2.45) is 0 Å². The summed E-state index contributed by atoms with van der Waals surface area (Å²) in [5.74, 6) is -1.90. The van der Waals surface area contributed by atoms with E-state index in [1.54, 1.807) is 0 Å². The largest absolute Gasteiger partial charge is 0.454 e. The van der Waals surface area contributed by atoms with Crippen LogP contribution in [0.2, 0.25) is 5.15 Å². The molecule has 0 fully saturated rings. The molecule has 0 bridgehead atoms. The highest BCUT2D eigenvalue weighted by atomic mass is 35.5. The number of halogens is 4. The molecule has 0 atom stereocenters. The molecule has 1 aromatic rings. The second-order valence-corrected chi connectivity index (χ2v) is 3.04. The quantitative estimate of drug-likeness (QED) is 0.541. The molecule has 0 aliphatic carbocycles. The zero-order valence-corrected chi connectivity index (χ0v) is 7.78. The van der Waals surface area contributed by atoms with Crippen LogP contribution in [0.5, 0.6) is 0 Å². The average molecular weight is 224 g/mol. The molecule has 76 valence electrons. The molecule has 1 aromatic heterocycles. The summed E-state index contributed by atoms with van der Waals surface area (Å²) in [6, 6.07) is 1.21. The average Bonchev–Trinajstić information content (AvgIpc) is 2.01. The molecule has 6 heteroatoms. The van der Waals surface area contributed by atoms with Crippen LogP contribution in [0.25, 0.3) is 0 Å².